The number of para-hydroxylation sites is 1. The van der Waals surface area contributed by atoms with Gasteiger partial charge in [-0.3, -0.25) is 4.98 Å². The van der Waals surface area contributed by atoms with Crippen molar-refractivity contribution in [2.24, 2.45) is 0 Å². The normalized spacial score (nSPS) is 14.0. The van der Waals surface area contributed by atoms with Crippen LogP contribution in [-0.4, -0.2) is 41.3 Å². The molecule has 0 amide bonds. The quantitative estimate of drug-likeness (QED) is 0.444. The Labute approximate surface area is 192 Å². The Kier molecular flexibility index (Phi) is 5.64. The van der Waals surface area contributed by atoms with Crippen LogP contribution in [0, 0.1) is 13.8 Å². The number of ether oxygens (including phenoxy) is 1. The summed E-state index contributed by atoms with van der Waals surface area (Å²) in [4.78, 5) is 16.6. The number of benzene rings is 1. The molecule has 1 aromatic carbocycles. The van der Waals surface area contributed by atoms with Gasteiger partial charge in [0.25, 0.3) is 0 Å². The summed E-state index contributed by atoms with van der Waals surface area (Å²) in [6, 6.07) is 15.9. The molecule has 0 spiro atoms. The van der Waals surface area contributed by atoms with Crippen LogP contribution in [0.5, 0.6) is 0 Å². The molecule has 162 valence electrons. The van der Waals surface area contributed by atoms with Crippen molar-refractivity contribution in [2.75, 3.05) is 36.5 Å². The number of morpholine rings is 1. The molecule has 0 bridgehead atoms. The van der Waals surface area contributed by atoms with E-state index in [0.717, 1.165) is 77.0 Å². The fourth-order valence-corrected chi connectivity index (χ4v) is 4.23. The molecule has 6 nitrogen and oxygen atoms in total. The van der Waals surface area contributed by atoms with Gasteiger partial charge in [-0.2, -0.15) is 0 Å². The molecule has 5 rings (SSSR count). The van der Waals surface area contributed by atoms with E-state index in [1.807, 2.05) is 54.7 Å². The van der Waals surface area contributed by atoms with Gasteiger partial charge in [0.15, 0.2) is 0 Å². The minimum atomic E-state index is 0.606. The zero-order chi connectivity index (χ0) is 22.1. The zero-order valence-corrected chi connectivity index (χ0v) is 18.9. The molecule has 7 heteroatoms. The van der Waals surface area contributed by atoms with Gasteiger partial charge in [0.2, 0.25) is 0 Å². The average molecular weight is 446 g/mol. The van der Waals surface area contributed by atoms with Gasteiger partial charge in [0.1, 0.15) is 11.6 Å². The molecule has 1 N–H and O–H groups in total. The van der Waals surface area contributed by atoms with Crippen LogP contribution >= 0.6 is 11.6 Å². The fraction of sp³-hybridized carbons (Fsp3) is 0.240. The molecule has 0 saturated carbocycles. The summed E-state index contributed by atoms with van der Waals surface area (Å²) >= 11 is 6.56. The number of rotatable bonds is 4. The van der Waals surface area contributed by atoms with E-state index in [4.69, 9.17) is 26.3 Å². The Bertz CT molecular complexity index is 1290. The third kappa shape index (κ3) is 3.99. The summed E-state index contributed by atoms with van der Waals surface area (Å²) in [6.07, 6.45) is 1.81. The highest BCUT2D eigenvalue weighted by Gasteiger charge is 2.18. The first-order chi connectivity index (χ1) is 15.6. The van der Waals surface area contributed by atoms with E-state index < -0.39 is 0 Å². The number of nitrogens with one attached hydrogen (secondary N) is 1. The van der Waals surface area contributed by atoms with E-state index in [9.17, 15) is 0 Å². The zero-order valence-electron chi connectivity index (χ0n) is 18.1. The third-order valence-electron chi connectivity index (χ3n) is 5.69. The van der Waals surface area contributed by atoms with Gasteiger partial charge >= 0.3 is 0 Å². The minimum Gasteiger partial charge on any atom is -0.378 e. The molecule has 32 heavy (non-hydrogen) atoms. The summed E-state index contributed by atoms with van der Waals surface area (Å²) in [5.41, 5.74) is 5.43. The van der Waals surface area contributed by atoms with Crippen LogP contribution in [0.15, 0.2) is 54.7 Å². The second-order valence-corrected chi connectivity index (χ2v) is 8.33. The van der Waals surface area contributed by atoms with Crippen LogP contribution in [0.25, 0.3) is 22.3 Å². The van der Waals surface area contributed by atoms with E-state index in [1.54, 1.807) is 0 Å². The van der Waals surface area contributed by atoms with Gasteiger partial charge in [0.05, 0.1) is 40.8 Å². The van der Waals surface area contributed by atoms with Gasteiger partial charge in [-0.1, -0.05) is 29.8 Å². The molecule has 0 radical (unpaired) electrons. The lowest BCUT2D eigenvalue weighted by atomic mass is 10.0. The standard InChI is InChI=1S/C25H24ClN5O/c1-16-9-10-27-20(15-16)24-17(2)23(18-5-3-6-19(26)25(18)30-24)29-21-7-4-8-22(28-21)31-11-13-32-14-12-31/h3-10,15H,11-14H2,1-2H3,(H,28,29,30). The summed E-state index contributed by atoms with van der Waals surface area (Å²) in [5, 5.41) is 5.11. The van der Waals surface area contributed by atoms with Crippen LogP contribution < -0.4 is 10.2 Å². The molecule has 3 aromatic heterocycles. The molecule has 1 aliphatic heterocycles. The maximum absolute atomic E-state index is 6.56. The highest BCUT2D eigenvalue weighted by atomic mass is 35.5. The summed E-state index contributed by atoms with van der Waals surface area (Å²) in [7, 11) is 0. The molecule has 1 saturated heterocycles. The summed E-state index contributed by atoms with van der Waals surface area (Å²) in [5.74, 6) is 1.71. The van der Waals surface area contributed by atoms with Crippen LogP contribution in [0.2, 0.25) is 5.02 Å². The summed E-state index contributed by atoms with van der Waals surface area (Å²) < 4.78 is 5.48. The number of hydrogen-bond donors (Lipinski definition) is 1. The molecule has 4 aromatic rings. The van der Waals surface area contributed by atoms with E-state index in [1.165, 1.54) is 0 Å². The lowest BCUT2D eigenvalue weighted by Crippen LogP contribution is -2.36. The first kappa shape index (κ1) is 20.7. The van der Waals surface area contributed by atoms with Crippen molar-refractivity contribution in [3.05, 3.63) is 70.9 Å². The lowest BCUT2D eigenvalue weighted by Gasteiger charge is -2.28. The lowest BCUT2D eigenvalue weighted by molar-refractivity contribution is 0.122. The highest BCUT2D eigenvalue weighted by Crippen LogP contribution is 2.37. The molecule has 1 aliphatic rings. The van der Waals surface area contributed by atoms with Crippen molar-refractivity contribution in [2.45, 2.75) is 13.8 Å². The number of hydrogen-bond acceptors (Lipinski definition) is 6. The Hall–Kier alpha value is -3.22. The van der Waals surface area contributed by atoms with Gasteiger partial charge in [-0.15, -0.1) is 0 Å². The highest BCUT2D eigenvalue weighted by molar-refractivity contribution is 6.35. The Morgan fingerprint density at radius 3 is 2.62 bits per heavy atom. The number of halogens is 1. The molecular formula is C25H24ClN5O. The van der Waals surface area contributed by atoms with E-state index >= 15 is 0 Å². The Morgan fingerprint density at radius 2 is 1.81 bits per heavy atom. The van der Waals surface area contributed by atoms with Gasteiger partial charge < -0.3 is 15.0 Å². The molecule has 1 fully saturated rings. The smallest absolute Gasteiger partial charge is 0.132 e. The van der Waals surface area contributed by atoms with Crippen LogP contribution in [-0.2, 0) is 4.74 Å². The predicted molar refractivity (Wildman–Crippen MR) is 130 cm³/mol. The van der Waals surface area contributed by atoms with Crippen LogP contribution in [0.4, 0.5) is 17.3 Å². The first-order valence-corrected chi connectivity index (χ1v) is 11.1. The second-order valence-electron chi connectivity index (χ2n) is 7.92. The van der Waals surface area contributed by atoms with Crippen molar-refractivity contribution in [3.8, 4) is 11.4 Å². The van der Waals surface area contributed by atoms with E-state index in [0.29, 0.717) is 5.02 Å². The van der Waals surface area contributed by atoms with E-state index in [-0.39, 0.29) is 0 Å². The molecule has 0 unspecified atom stereocenters. The fourth-order valence-electron chi connectivity index (χ4n) is 4.01. The monoisotopic (exact) mass is 445 g/mol. The number of pyridine rings is 3. The Morgan fingerprint density at radius 1 is 1.00 bits per heavy atom. The minimum absolute atomic E-state index is 0.606. The number of aryl methyl sites for hydroxylation is 1. The maximum Gasteiger partial charge on any atom is 0.132 e. The largest absolute Gasteiger partial charge is 0.378 e. The number of aromatic nitrogens is 3. The second kappa shape index (κ2) is 8.73. The number of nitrogens with zero attached hydrogens (tertiary/aromatic N) is 4. The SMILES string of the molecule is Cc1ccnc(-c2nc3c(Cl)cccc3c(Nc3cccc(N4CCOCC4)n3)c2C)c1. The van der Waals surface area contributed by atoms with Crippen molar-refractivity contribution in [1.29, 1.82) is 0 Å². The number of anilines is 3. The van der Waals surface area contributed by atoms with Gasteiger partial charge in [-0.25, -0.2) is 9.97 Å². The van der Waals surface area contributed by atoms with Gasteiger partial charge in [-0.05, 0) is 49.7 Å². The van der Waals surface area contributed by atoms with Crippen molar-refractivity contribution < 1.29 is 4.74 Å². The molecule has 0 atom stereocenters. The van der Waals surface area contributed by atoms with E-state index in [2.05, 4.69) is 29.0 Å². The predicted octanol–water partition coefficient (Wildman–Crippen LogP) is 5.54. The topological polar surface area (TPSA) is 63.2 Å². The third-order valence-corrected chi connectivity index (χ3v) is 6.00. The Balaban J connectivity index is 1.62. The number of fused-ring (bicyclic) bond motifs is 1. The maximum atomic E-state index is 6.56. The molecular weight excluding hydrogens is 422 g/mol. The summed E-state index contributed by atoms with van der Waals surface area (Å²) in [6.45, 7) is 7.23. The van der Waals surface area contributed by atoms with Crippen LogP contribution in [0.3, 0.4) is 0 Å². The van der Waals surface area contributed by atoms with Crippen molar-refractivity contribution >= 4 is 39.8 Å². The molecule has 0 aliphatic carbocycles. The van der Waals surface area contributed by atoms with Crippen molar-refractivity contribution in [3.63, 3.8) is 0 Å². The van der Waals surface area contributed by atoms with Gasteiger partial charge in [0, 0.05) is 30.2 Å². The first-order valence-electron chi connectivity index (χ1n) is 10.7. The van der Waals surface area contributed by atoms with Crippen molar-refractivity contribution in [1.82, 2.24) is 15.0 Å². The molecule has 4 heterocycles. The van der Waals surface area contributed by atoms with Crippen LogP contribution in [0.1, 0.15) is 11.1 Å². The average Bonchev–Trinajstić information content (AvgIpc) is 2.82.